The lowest BCUT2D eigenvalue weighted by Crippen LogP contribution is -2.29. The number of benzene rings is 1. The molecule has 0 N–H and O–H groups in total. The standard InChI is InChI=1S/C13H15F3N/c14-13(15,16)11-5-3-4-10(8-11)9-12-6-1-2-7-17-12/h3-5,8,12H,1-2,6-7,9H2. The van der Waals surface area contributed by atoms with Crippen LogP contribution in [-0.2, 0) is 12.6 Å². The maximum absolute atomic E-state index is 12.5. The number of hydrogen-bond acceptors (Lipinski definition) is 0. The van der Waals surface area contributed by atoms with E-state index in [2.05, 4.69) is 5.32 Å². The predicted octanol–water partition coefficient (Wildman–Crippen LogP) is 3.40. The highest BCUT2D eigenvalue weighted by atomic mass is 19.4. The molecule has 1 aromatic rings. The molecule has 1 saturated heterocycles. The fraction of sp³-hybridized carbons (Fsp3) is 0.538. The summed E-state index contributed by atoms with van der Waals surface area (Å²) in [7, 11) is 0. The maximum atomic E-state index is 12.5. The molecule has 1 fully saturated rings. The Labute approximate surface area is 99.0 Å². The zero-order valence-electron chi connectivity index (χ0n) is 9.50. The lowest BCUT2D eigenvalue weighted by molar-refractivity contribution is -0.137. The van der Waals surface area contributed by atoms with E-state index < -0.39 is 11.7 Å². The lowest BCUT2D eigenvalue weighted by atomic mass is 9.97. The van der Waals surface area contributed by atoms with E-state index in [-0.39, 0.29) is 6.04 Å². The van der Waals surface area contributed by atoms with Crippen LogP contribution in [0.1, 0.15) is 30.4 Å². The van der Waals surface area contributed by atoms with Crippen molar-refractivity contribution in [1.29, 1.82) is 0 Å². The summed E-state index contributed by atoms with van der Waals surface area (Å²) in [6, 6.07) is 5.78. The number of hydrogen-bond donors (Lipinski definition) is 0. The zero-order valence-corrected chi connectivity index (χ0v) is 9.50. The molecule has 0 bridgehead atoms. The van der Waals surface area contributed by atoms with E-state index in [0.717, 1.165) is 37.4 Å². The van der Waals surface area contributed by atoms with E-state index in [0.29, 0.717) is 6.42 Å². The highest BCUT2D eigenvalue weighted by Gasteiger charge is 2.30. The van der Waals surface area contributed by atoms with E-state index in [9.17, 15) is 13.2 Å². The molecule has 1 atom stereocenters. The molecule has 0 spiro atoms. The lowest BCUT2D eigenvalue weighted by Gasteiger charge is -2.21. The van der Waals surface area contributed by atoms with Gasteiger partial charge in [0.15, 0.2) is 0 Å². The van der Waals surface area contributed by atoms with Crippen molar-refractivity contribution in [1.82, 2.24) is 5.32 Å². The van der Waals surface area contributed by atoms with Crippen LogP contribution in [0.5, 0.6) is 0 Å². The smallest absolute Gasteiger partial charge is 0.238 e. The number of rotatable bonds is 2. The highest BCUT2D eigenvalue weighted by molar-refractivity contribution is 5.26. The SMILES string of the molecule is FC(F)(F)c1cccc(CC2CCCC[N]2)c1. The van der Waals surface area contributed by atoms with Gasteiger partial charge in [0, 0.05) is 12.6 Å². The van der Waals surface area contributed by atoms with Crippen molar-refractivity contribution in [3.8, 4) is 0 Å². The third-order valence-electron chi connectivity index (χ3n) is 3.06. The van der Waals surface area contributed by atoms with Gasteiger partial charge in [0.05, 0.1) is 5.56 Å². The van der Waals surface area contributed by atoms with Crippen LogP contribution in [-0.4, -0.2) is 12.6 Å². The van der Waals surface area contributed by atoms with E-state index in [1.807, 2.05) is 0 Å². The van der Waals surface area contributed by atoms with Crippen molar-refractivity contribution < 1.29 is 13.2 Å². The fourth-order valence-electron chi connectivity index (χ4n) is 2.17. The third kappa shape index (κ3) is 3.46. The quantitative estimate of drug-likeness (QED) is 0.754. The number of nitrogens with zero attached hydrogens (tertiary/aromatic N) is 1. The van der Waals surface area contributed by atoms with E-state index in [4.69, 9.17) is 0 Å². The van der Waals surface area contributed by atoms with Crippen LogP contribution in [0.4, 0.5) is 13.2 Å². The number of alkyl halides is 3. The third-order valence-corrected chi connectivity index (χ3v) is 3.06. The molecule has 1 radical (unpaired) electrons. The number of halogens is 3. The van der Waals surface area contributed by atoms with Crippen LogP contribution in [0.15, 0.2) is 24.3 Å². The largest absolute Gasteiger partial charge is 0.416 e. The van der Waals surface area contributed by atoms with E-state index in [1.54, 1.807) is 6.07 Å². The molecule has 1 aromatic carbocycles. The topological polar surface area (TPSA) is 14.1 Å². The first-order valence-electron chi connectivity index (χ1n) is 5.88. The summed E-state index contributed by atoms with van der Waals surface area (Å²) in [4.78, 5) is 0. The first-order valence-corrected chi connectivity index (χ1v) is 5.88. The maximum Gasteiger partial charge on any atom is 0.416 e. The summed E-state index contributed by atoms with van der Waals surface area (Å²) in [6.07, 6.45) is -0.383. The van der Waals surface area contributed by atoms with Crippen molar-refractivity contribution in [3.05, 3.63) is 35.4 Å². The van der Waals surface area contributed by atoms with Crippen molar-refractivity contribution in [2.24, 2.45) is 0 Å². The van der Waals surface area contributed by atoms with E-state index >= 15 is 0 Å². The first kappa shape index (κ1) is 12.4. The monoisotopic (exact) mass is 242 g/mol. The van der Waals surface area contributed by atoms with Gasteiger partial charge in [-0.15, -0.1) is 0 Å². The van der Waals surface area contributed by atoms with Crippen LogP contribution >= 0.6 is 0 Å². The second-order valence-electron chi connectivity index (χ2n) is 4.46. The van der Waals surface area contributed by atoms with Crippen molar-refractivity contribution in [2.75, 3.05) is 6.54 Å². The fourth-order valence-corrected chi connectivity index (χ4v) is 2.17. The molecular formula is C13H15F3N. The van der Waals surface area contributed by atoms with Gasteiger partial charge in [-0.1, -0.05) is 24.6 Å². The van der Waals surface area contributed by atoms with Crippen molar-refractivity contribution >= 4 is 0 Å². The van der Waals surface area contributed by atoms with Gasteiger partial charge in [0.25, 0.3) is 0 Å². The minimum absolute atomic E-state index is 0.201. The van der Waals surface area contributed by atoms with Crippen molar-refractivity contribution in [3.63, 3.8) is 0 Å². The number of piperidine rings is 1. The molecule has 1 unspecified atom stereocenters. The zero-order chi connectivity index (χ0) is 12.3. The van der Waals surface area contributed by atoms with Crippen LogP contribution < -0.4 is 5.32 Å². The summed E-state index contributed by atoms with van der Waals surface area (Å²) >= 11 is 0. The minimum Gasteiger partial charge on any atom is -0.238 e. The normalized spacial score (nSPS) is 21.5. The molecule has 93 valence electrons. The Morgan fingerprint density at radius 1 is 1.24 bits per heavy atom. The Morgan fingerprint density at radius 2 is 2.06 bits per heavy atom. The van der Waals surface area contributed by atoms with Gasteiger partial charge in [-0.3, -0.25) is 0 Å². The molecule has 1 heterocycles. The molecule has 0 aliphatic carbocycles. The Balaban J connectivity index is 2.05. The summed E-state index contributed by atoms with van der Waals surface area (Å²) in [5.74, 6) is 0. The average molecular weight is 242 g/mol. The summed E-state index contributed by atoms with van der Waals surface area (Å²) in [5.41, 5.74) is 0.168. The molecule has 4 heteroatoms. The predicted molar refractivity (Wildman–Crippen MR) is 59.8 cm³/mol. The van der Waals surface area contributed by atoms with Crippen molar-refractivity contribution in [2.45, 2.75) is 37.9 Å². The minimum atomic E-state index is -4.25. The molecular weight excluding hydrogens is 227 g/mol. The van der Waals surface area contributed by atoms with Crippen LogP contribution in [0.3, 0.4) is 0 Å². The van der Waals surface area contributed by atoms with Gasteiger partial charge in [-0.05, 0) is 30.9 Å². The van der Waals surface area contributed by atoms with Crippen LogP contribution in [0, 0.1) is 0 Å². The molecule has 0 amide bonds. The Hall–Kier alpha value is -1.03. The molecule has 0 saturated carbocycles. The Bertz CT molecular complexity index is 367. The second kappa shape index (κ2) is 5.08. The molecule has 2 rings (SSSR count). The van der Waals surface area contributed by atoms with Gasteiger partial charge in [-0.2, -0.15) is 13.2 Å². The Kier molecular flexibility index (Phi) is 3.72. The summed E-state index contributed by atoms with van der Waals surface area (Å²) in [5, 5.41) is 4.44. The van der Waals surface area contributed by atoms with Gasteiger partial charge < -0.3 is 0 Å². The molecule has 1 aliphatic rings. The van der Waals surface area contributed by atoms with Crippen LogP contribution in [0.25, 0.3) is 0 Å². The van der Waals surface area contributed by atoms with Gasteiger partial charge in [0.2, 0.25) is 0 Å². The van der Waals surface area contributed by atoms with Gasteiger partial charge in [0.1, 0.15) is 0 Å². The van der Waals surface area contributed by atoms with Crippen LogP contribution in [0.2, 0.25) is 0 Å². The van der Waals surface area contributed by atoms with Gasteiger partial charge >= 0.3 is 6.18 Å². The highest BCUT2D eigenvalue weighted by Crippen LogP contribution is 2.30. The summed E-state index contributed by atoms with van der Waals surface area (Å²) in [6.45, 7) is 0.851. The first-order chi connectivity index (χ1) is 8.05. The van der Waals surface area contributed by atoms with E-state index in [1.165, 1.54) is 12.1 Å². The Morgan fingerprint density at radius 3 is 2.71 bits per heavy atom. The average Bonchev–Trinajstić information content (AvgIpc) is 2.29. The summed E-state index contributed by atoms with van der Waals surface area (Å²) < 4.78 is 37.6. The molecule has 1 aliphatic heterocycles. The second-order valence-corrected chi connectivity index (χ2v) is 4.46. The molecule has 0 aromatic heterocycles. The van der Waals surface area contributed by atoms with Gasteiger partial charge in [-0.25, -0.2) is 5.32 Å². The molecule has 1 nitrogen and oxygen atoms in total. The molecule has 17 heavy (non-hydrogen) atoms.